The van der Waals surface area contributed by atoms with Gasteiger partial charge in [-0.2, -0.15) is 0 Å². The minimum atomic E-state index is -0.0190. The summed E-state index contributed by atoms with van der Waals surface area (Å²) in [5.74, 6) is 0.797. The number of anilines is 1. The van der Waals surface area contributed by atoms with Crippen LogP contribution in [-0.4, -0.2) is 41.4 Å². The molecular weight excluding hydrogens is 240 g/mol. The smallest absolute Gasteiger partial charge is 0.241 e. The van der Waals surface area contributed by atoms with Crippen molar-refractivity contribution in [2.45, 2.75) is 19.8 Å². The Balaban J connectivity index is 2.84. The van der Waals surface area contributed by atoms with Gasteiger partial charge in [-0.05, 0) is 5.92 Å². The number of carbonyl (C=O) groups is 1. The Hall–Kier alpha value is -1.36. The highest BCUT2D eigenvalue weighted by Crippen LogP contribution is 2.27. The molecule has 1 heterocycles. The monoisotopic (exact) mass is 256 g/mol. The lowest BCUT2D eigenvalue weighted by Gasteiger charge is -2.15. The van der Waals surface area contributed by atoms with E-state index in [2.05, 4.69) is 15.3 Å². The number of aromatic nitrogens is 2. The van der Waals surface area contributed by atoms with Gasteiger partial charge >= 0.3 is 0 Å². The van der Waals surface area contributed by atoms with Crippen molar-refractivity contribution in [3.05, 3.63) is 17.0 Å². The van der Waals surface area contributed by atoms with E-state index in [0.29, 0.717) is 11.0 Å². The van der Waals surface area contributed by atoms with Crippen molar-refractivity contribution in [1.82, 2.24) is 14.9 Å². The van der Waals surface area contributed by atoms with E-state index in [-0.39, 0.29) is 18.4 Å². The van der Waals surface area contributed by atoms with E-state index in [4.69, 9.17) is 11.6 Å². The summed E-state index contributed by atoms with van der Waals surface area (Å²) in [6.07, 6.45) is 1.39. The zero-order valence-electron chi connectivity index (χ0n) is 10.5. The molecule has 0 aliphatic heterocycles. The number of carbonyl (C=O) groups excluding carboxylic acids is 1. The van der Waals surface area contributed by atoms with Crippen LogP contribution in [0, 0.1) is 0 Å². The van der Waals surface area contributed by atoms with Gasteiger partial charge in [-0.1, -0.05) is 25.4 Å². The molecule has 1 amide bonds. The second kappa shape index (κ2) is 5.82. The number of likely N-dealkylation sites (N-methyl/N-ethyl adjacent to an activating group) is 1. The minimum Gasteiger partial charge on any atom is -0.361 e. The summed E-state index contributed by atoms with van der Waals surface area (Å²) < 4.78 is 0. The molecule has 1 N–H and O–H groups in total. The molecule has 0 bridgehead atoms. The predicted octanol–water partition coefficient (Wildman–Crippen LogP) is 1.75. The summed E-state index contributed by atoms with van der Waals surface area (Å²) in [4.78, 5) is 21.0. The molecule has 0 spiro atoms. The van der Waals surface area contributed by atoms with E-state index in [0.717, 1.165) is 5.56 Å². The normalized spacial score (nSPS) is 10.5. The highest BCUT2D eigenvalue weighted by molar-refractivity contribution is 6.30. The molecule has 0 saturated heterocycles. The third-order valence-electron chi connectivity index (χ3n) is 2.32. The first-order valence-electron chi connectivity index (χ1n) is 5.38. The van der Waals surface area contributed by atoms with Crippen molar-refractivity contribution in [1.29, 1.82) is 0 Å². The molecule has 5 nitrogen and oxygen atoms in total. The highest BCUT2D eigenvalue weighted by Gasteiger charge is 2.14. The van der Waals surface area contributed by atoms with Crippen LogP contribution in [0.1, 0.15) is 25.3 Å². The molecule has 1 aromatic heterocycles. The maximum absolute atomic E-state index is 11.5. The molecule has 0 aliphatic carbocycles. The number of nitrogens with zero attached hydrogens (tertiary/aromatic N) is 3. The van der Waals surface area contributed by atoms with Crippen LogP contribution in [0.5, 0.6) is 0 Å². The first-order valence-corrected chi connectivity index (χ1v) is 5.75. The van der Waals surface area contributed by atoms with E-state index >= 15 is 0 Å². The maximum Gasteiger partial charge on any atom is 0.241 e. The molecule has 6 heteroatoms. The van der Waals surface area contributed by atoms with Crippen LogP contribution in [0.15, 0.2) is 6.33 Å². The van der Waals surface area contributed by atoms with Crippen LogP contribution < -0.4 is 5.32 Å². The van der Waals surface area contributed by atoms with Gasteiger partial charge in [0.15, 0.2) is 0 Å². The molecule has 0 atom stereocenters. The lowest BCUT2D eigenvalue weighted by atomic mass is 10.1. The first-order chi connectivity index (χ1) is 7.93. The second-order valence-corrected chi connectivity index (χ2v) is 4.58. The van der Waals surface area contributed by atoms with Crippen LogP contribution in [0.2, 0.25) is 5.15 Å². The topological polar surface area (TPSA) is 58.1 Å². The van der Waals surface area contributed by atoms with Crippen molar-refractivity contribution >= 4 is 23.3 Å². The molecule has 0 radical (unpaired) electrons. The average molecular weight is 257 g/mol. The quantitative estimate of drug-likeness (QED) is 0.834. The lowest BCUT2D eigenvalue weighted by Crippen LogP contribution is -2.29. The summed E-state index contributed by atoms with van der Waals surface area (Å²) >= 11 is 6.02. The molecule has 1 aromatic rings. The van der Waals surface area contributed by atoms with E-state index in [1.54, 1.807) is 14.1 Å². The molecule has 1 rings (SSSR count). The van der Waals surface area contributed by atoms with Crippen LogP contribution >= 0.6 is 11.6 Å². The zero-order valence-corrected chi connectivity index (χ0v) is 11.2. The molecule has 0 fully saturated rings. The maximum atomic E-state index is 11.5. The molecule has 94 valence electrons. The van der Waals surface area contributed by atoms with Gasteiger partial charge in [-0.15, -0.1) is 0 Å². The van der Waals surface area contributed by atoms with Gasteiger partial charge in [0.05, 0.1) is 6.54 Å². The van der Waals surface area contributed by atoms with E-state index in [1.165, 1.54) is 11.2 Å². The molecule has 0 saturated carbocycles. The van der Waals surface area contributed by atoms with Crippen LogP contribution in [0.4, 0.5) is 5.82 Å². The van der Waals surface area contributed by atoms with Crippen molar-refractivity contribution in [2.24, 2.45) is 0 Å². The molecule has 17 heavy (non-hydrogen) atoms. The fourth-order valence-electron chi connectivity index (χ4n) is 1.34. The first kappa shape index (κ1) is 13.7. The number of nitrogens with one attached hydrogen (secondary N) is 1. The van der Waals surface area contributed by atoms with Gasteiger partial charge in [0.2, 0.25) is 5.91 Å². The van der Waals surface area contributed by atoms with Crippen molar-refractivity contribution < 1.29 is 4.79 Å². The number of hydrogen-bond donors (Lipinski definition) is 1. The standard InChI is InChI=1S/C11H17ClN4O/c1-7(2)9-10(12)14-6-15-11(9)13-5-8(17)16(3)4/h6-7H,5H2,1-4H3,(H,13,14,15). The largest absolute Gasteiger partial charge is 0.361 e. The van der Waals surface area contributed by atoms with Crippen LogP contribution in [-0.2, 0) is 4.79 Å². The van der Waals surface area contributed by atoms with E-state index < -0.39 is 0 Å². The fourth-order valence-corrected chi connectivity index (χ4v) is 1.70. The molecule has 0 aliphatic rings. The zero-order chi connectivity index (χ0) is 13.0. The van der Waals surface area contributed by atoms with Crippen molar-refractivity contribution in [3.63, 3.8) is 0 Å². The number of hydrogen-bond acceptors (Lipinski definition) is 4. The number of halogens is 1. The van der Waals surface area contributed by atoms with Crippen molar-refractivity contribution in [2.75, 3.05) is 26.0 Å². The van der Waals surface area contributed by atoms with Gasteiger partial charge in [0.1, 0.15) is 17.3 Å². The Bertz CT molecular complexity index is 406. The summed E-state index contributed by atoms with van der Waals surface area (Å²) in [6, 6.07) is 0. The Labute approximate surface area is 106 Å². The predicted molar refractivity (Wildman–Crippen MR) is 68.3 cm³/mol. The Morgan fingerprint density at radius 3 is 2.65 bits per heavy atom. The Morgan fingerprint density at radius 1 is 1.47 bits per heavy atom. The third-order valence-corrected chi connectivity index (χ3v) is 2.62. The van der Waals surface area contributed by atoms with Crippen LogP contribution in [0.25, 0.3) is 0 Å². The summed E-state index contributed by atoms with van der Waals surface area (Å²) in [5.41, 5.74) is 0.834. The SMILES string of the molecule is CC(C)c1c(Cl)ncnc1NCC(=O)N(C)C. The summed E-state index contributed by atoms with van der Waals surface area (Å²) in [5, 5.41) is 3.42. The van der Waals surface area contributed by atoms with Gasteiger partial charge in [0, 0.05) is 19.7 Å². The molecular formula is C11H17ClN4O. The van der Waals surface area contributed by atoms with Gasteiger partial charge in [0.25, 0.3) is 0 Å². The Morgan fingerprint density at radius 2 is 2.12 bits per heavy atom. The Kier molecular flexibility index (Phi) is 4.69. The van der Waals surface area contributed by atoms with Crippen LogP contribution in [0.3, 0.4) is 0 Å². The number of rotatable bonds is 4. The van der Waals surface area contributed by atoms with Gasteiger partial charge < -0.3 is 10.2 Å². The molecule has 0 aromatic carbocycles. The van der Waals surface area contributed by atoms with E-state index in [9.17, 15) is 4.79 Å². The average Bonchev–Trinajstić information content (AvgIpc) is 2.24. The number of amides is 1. The van der Waals surface area contributed by atoms with Crippen molar-refractivity contribution in [3.8, 4) is 0 Å². The summed E-state index contributed by atoms with van der Waals surface area (Å²) in [7, 11) is 3.42. The second-order valence-electron chi connectivity index (χ2n) is 4.22. The lowest BCUT2D eigenvalue weighted by molar-refractivity contribution is -0.126. The fraction of sp³-hybridized carbons (Fsp3) is 0.545. The van der Waals surface area contributed by atoms with E-state index in [1.807, 2.05) is 13.8 Å². The molecule has 0 unspecified atom stereocenters. The third kappa shape index (κ3) is 3.56. The van der Waals surface area contributed by atoms with Gasteiger partial charge in [-0.25, -0.2) is 9.97 Å². The highest BCUT2D eigenvalue weighted by atomic mass is 35.5. The summed E-state index contributed by atoms with van der Waals surface area (Å²) in [6.45, 7) is 4.20. The minimum absolute atomic E-state index is 0.0190. The van der Waals surface area contributed by atoms with Gasteiger partial charge in [-0.3, -0.25) is 4.79 Å².